The maximum Gasteiger partial charge on any atom is 0.168 e. The third-order valence-electron chi connectivity index (χ3n) is 4.08. The van der Waals surface area contributed by atoms with Crippen molar-refractivity contribution >= 4 is 22.8 Å². The lowest BCUT2D eigenvalue weighted by atomic mass is 9.89. The molecule has 2 aromatic heterocycles. The van der Waals surface area contributed by atoms with Crippen LogP contribution in [0.25, 0.3) is 11.0 Å². The Labute approximate surface area is 118 Å². The molecule has 0 radical (unpaired) electrons. The monoisotopic (exact) mass is 275 g/mol. The van der Waals surface area contributed by atoms with E-state index in [0.717, 1.165) is 28.8 Å². The predicted octanol–water partition coefficient (Wildman–Crippen LogP) is 4.04. The molecule has 0 aliphatic heterocycles. The summed E-state index contributed by atoms with van der Waals surface area (Å²) in [5.74, 6) is 0.825. The van der Waals surface area contributed by atoms with Crippen LogP contribution >= 0.6 is 11.8 Å². The van der Waals surface area contributed by atoms with Crippen LogP contribution < -0.4 is 0 Å². The molecule has 0 unspecified atom stereocenters. The zero-order chi connectivity index (χ0) is 13.2. The molecule has 0 saturated heterocycles. The van der Waals surface area contributed by atoms with Crippen LogP contribution in [0, 0.1) is 12.8 Å². The van der Waals surface area contributed by atoms with Crippen LogP contribution in [0.1, 0.15) is 37.8 Å². The molecule has 0 aromatic carbocycles. The van der Waals surface area contributed by atoms with Crippen molar-refractivity contribution < 1.29 is 0 Å². The molecule has 4 heteroatoms. The summed E-state index contributed by atoms with van der Waals surface area (Å²) in [6.45, 7) is 3.17. The molecule has 102 valence electrons. The minimum Gasteiger partial charge on any atom is -0.319 e. The van der Waals surface area contributed by atoms with Crippen molar-refractivity contribution in [3.8, 4) is 0 Å². The highest BCUT2D eigenvalue weighted by molar-refractivity contribution is 7.98. The van der Waals surface area contributed by atoms with E-state index in [2.05, 4.69) is 28.8 Å². The van der Waals surface area contributed by atoms with Gasteiger partial charge in [-0.3, -0.25) is 4.98 Å². The van der Waals surface area contributed by atoms with Gasteiger partial charge in [-0.2, -0.15) is 0 Å². The number of imidazole rings is 1. The van der Waals surface area contributed by atoms with Crippen LogP contribution in [0.15, 0.2) is 17.4 Å². The van der Waals surface area contributed by atoms with E-state index in [9.17, 15) is 0 Å². The van der Waals surface area contributed by atoms with Gasteiger partial charge in [0.15, 0.2) is 5.16 Å². The summed E-state index contributed by atoms with van der Waals surface area (Å²) in [6.07, 6.45) is 11.0. The minimum atomic E-state index is 0.825. The summed E-state index contributed by atoms with van der Waals surface area (Å²) >= 11 is 1.74. The van der Waals surface area contributed by atoms with Gasteiger partial charge in [-0.1, -0.05) is 31.0 Å². The normalized spacial score (nSPS) is 17.2. The Bertz CT molecular complexity index is 570. The average molecular weight is 275 g/mol. The van der Waals surface area contributed by atoms with Crippen LogP contribution in [-0.2, 0) is 6.54 Å². The van der Waals surface area contributed by atoms with Crippen LogP contribution in [0.4, 0.5) is 0 Å². The standard InChI is InChI=1S/C15H21N3S/c1-11-8-14-13(9-16-11)17-15(19-2)18(14)10-12-6-4-3-5-7-12/h8-9,12H,3-7,10H2,1-2H3. The van der Waals surface area contributed by atoms with E-state index in [0.29, 0.717) is 0 Å². The Morgan fingerprint density at radius 2 is 2.11 bits per heavy atom. The van der Waals surface area contributed by atoms with Gasteiger partial charge in [0.25, 0.3) is 0 Å². The van der Waals surface area contributed by atoms with Crippen LogP contribution in [-0.4, -0.2) is 20.8 Å². The third kappa shape index (κ3) is 2.64. The SMILES string of the molecule is CSc1nc2cnc(C)cc2n1CC1CCCCC1. The fraction of sp³-hybridized carbons (Fsp3) is 0.600. The van der Waals surface area contributed by atoms with Gasteiger partial charge in [-0.05, 0) is 38.0 Å². The van der Waals surface area contributed by atoms with E-state index >= 15 is 0 Å². The molecule has 0 amide bonds. The Morgan fingerprint density at radius 1 is 1.32 bits per heavy atom. The zero-order valence-corrected chi connectivity index (χ0v) is 12.5. The van der Waals surface area contributed by atoms with E-state index in [4.69, 9.17) is 4.98 Å². The fourth-order valence-corrected chi connectivity index (χ4v) is 3.65. The fourth-order valence-electron chi connectivity index (χ4n) is 3.07. The van der Waals surface area contributed by atoms with E-state index in [1.54, 1.807) is 11.8 Å². The topological polar surface area (TPSA) is 30.7 Å². The highest BCUT2D eigenvalue weighted by Gasteiger charge is 2.18. The number of thioether (sulfide) groups is 1. The van der Waals surface area contributed by atoms with Crippen molar-refractivity contribution in [1.29, 1.82) is 0 Å². The van der Waals surface area contributed by atoms with Gasteiger partial charge >= 0.3 is 0 Å². The largest absolute Gasteiger partial charge is 0.319 e. The number of hydrogen-bond acceptors (Lipinski definition) is 3. The van der Waals surface area contributed by atoms with E-state index < -0.39 is 0 Å². The summed E-state index contributed by atoms with van der Waals surface area (Å²) in [5, 5.41) is 1.13. The molecule has 1 saturated carbocycles. The zero-order valence-electron chi connectivity index (χ0n) is 11.7. The number of hydrogen-bond donors (Lipinski definition) is 0. The third-order valence-corrected chi connectivity index (χ3v) is 4.76. The lowest BCUT2D eigenvalue weighted by molar-refractivity contribution is 0.315. The molecule has 0 N–H and O–H groups in total. The highest BCUT2D eigenvalue weighted by atomic mass is 32.2. The van der Waals surface area contributed by atoms with Crippen LogP contribution in [0.3, 0.4) is 0 Å². The van der Waals surface area contributed by atoms with Crippen LogP contribution in [0.2, 0.25) is 0 Å². The molecular weight excluding hydrogens is 254 g/mol. The first-order chi connectivity index (χ1) is 9.28. The van der Waals surface area contributed by atoms with Gasteiger partial charge in [0.2, 0.25) is 0 Å². The second-order valence-corrected chi connectivity index (χ2v) is 6.30. The molecule has 0 atom stereocenters. The molecular formula is C15H21N3S. The average Bonchev–Trinajstić information content (AvgIpc) is 2.78. The number of fused-ring (bicyclic) bond motifs is 1. The lowest BCUT2D eigenvalue weighted by Gasteiger charge is -2.23. The molecule has 2 heterocycles. The molecule has 1 fully saturated rings. The van der Waals surface area contributed by atoms with Crippen LogP contribution in [0.5, 0.6) is 0 Å². The van der Waals surface area contributed by atoms with E-state index in [1.807, 2.05) is 6.20 Å². The predicted molar refractivity (Wildman–Crippen MR) is 80.6 cm³/mol. The second kappa shape index (κ2) is 5.53. The Balaban J connectivity index is 1.97. The van der Waals surface area contributed by atoms with Gasteiger partial charge < -0.3 is 4.57 Å². The molecule has 3 nitrogen and oxygen atoms in total. The minimum absolute atomic E-state index is 0.825. The van der Waals surface area contributed by atoms with Gasteiger partial charge in [0, 0.05) is 12.2 Å². The van der Waals surface area contributed by atoms with Gasteiger partial charge in [-0.25, -0.2) is 4.98 Å². The Hall–Kier alpha value is -1.03. The first kappa shape index (κ1) is 13.0. The van der Waals surface area contributed by atoms with Crippen molar-refractivity contribution in [2.45, 2.75) is 50.7 Å². The molecule has 2 aromatic rings. The highest BCUT2D eigenvalue weighted by Crippen LogP contribution is 2.29. The van der Waals surface area contributed by atoms with Gasteiger partial charge in [-0.15, -0.1) is 0 Å². The molecule has 1 aliphatic rings. The summed E-state index contributed by atoms with van der Waals surface area (Å²) in [7, 11) is 0. The maximum absolute atomic E-state index is 4.70. The quantitative estimate of drug-likeness (QED) is 0.792. The van der Waals surface area contributed by atoms with Crippen molar-refractivity contribution in [3.63, 3.8) is 0 Å². The smallest absolute Gasteiger partial charge is 0.168 e. The van der Waals surface area contributed by atoms with E-state index in [1.165, 1.54) is 37.6 Å². The van der Waals surface area contributed by atoms with E-state index in [-0.39, 0.29) is 0 Å². The summed E-state index contributed by atoms with van der Waals surface area (Å²) in [4.78, 5) is 9.06. The number of pyridine rings is 1. The number of rotatable bonds is 3. The number of nitrogens with zero attached hydrogens (tertiary/aromatic N) is 3. The maximum atomic E-state index is 4.70. The first-order valence-corrected chi connectivity index (χ1v) is 8.37. The Morgan fingerprint density at radius 3 is 2.84 bits per heavy atom. The summed E-state index contributed by atoms with van der Waals surface area (Å²) in [5.41, 5.74) is 3.36. The molecule has 3 rings (SSSR count). The van der Waals surface area contributed by atoms with Crippen molar-refractivity contribution in [2.24, 2.45) is 5.92 Å². The summed E-state index contributed by atoms with van der Waals surface area (Å²) in [6, 6.07) is 2.17. The van der Waals surface area contributed by atoms with Gasteiger partial charge in [0.1, 0.15) is 5.52 Å². The molecule has 19 heavy (non-hydrogen) atoms. The molecule has 1 aliphatic carbocycles. The first-order valence-electron chi connectivity index (χ1n) is 7.15. The Kier molecular flexibility index (Phi) is 3.78. The molecule has 0 spiro atoms. The molecule has 0 bridgehead atoms. The number of aryl methyl sites for hydroxylation is 1. The number of aromatic nitrogens is 3. The van der Waals surface area contributed by atoms with Crippen molar-refractivity contribution in [1.82, 2.24) is 14.5 Å². The van der Waals surface area contributed by atoms with Gasteiger partial charge in [0.05, 0.1) is 11.7 Å². The second-order valence-electron chi connectivity index (χ2n) is 5.53. The lowest BCUT2D eigenvalue weighted by Crippen LogP contribution is -2.14. The van der Waals surface area contributed by atoms with Crippen molar-refractivity contribution in [2.75, 3.05) is 6.26 Å². The summed E-state index contributed by atoms with van der Waals surface area (Å²) < 4.78 is 2.41. The van der Waals surface area contributed by atoms with Crippen molar-refractivity contribution in [3.05, 3.63) is 18.0 Å².